The van der Waals surface area contributed by atoms with Crippen molar-refractivity contribution < 1.29 is 23.8 Å². The van der Waals surface area contributed by atoms with Crippen molar-refractivity contribution in [2.24, 2.45) is 0 Å². The summed E-state index contributed by atoms with van der Waals surface area (Å²) in [5.74, 6) is -0.581. The molecule has 0 aromatic heterocycles. The summed E-state index contributed by atoms with van der Waals surface area (Å²) in [5, 5.41) is 3.32. The van der Waals surface area contributed by atoms with Gasteiger partial charge in [-0.15, -0.1) is 0 Å². The molecule has 1 heterocycles. The van der Waals surface area contributed by atoms with E-state index in [-0.39, 0.29) is 22.2 Å². The predicted octanol–water partition coefficient (Wildman–Crippen LogP) is 4.27. The maximum Gasteiger partial charge on any atom is 0.338 e. The van der Waals surface area contributed by atoms with Gasteiger partial charge in [-0.3, -0.25) is 4.79 Å². The molecule has 160 valence electrons. The quantitative estimate of drug-likeness (QED) is 0.659. The summed E-state index contributed by atoms with van der Waals surface area (Å²) < 4.78 is 15.6. The number of nitrogens with zero attached hydrogens (tertiary/aromatic N) is 1. The smallest absolute Gasteiger partial charge is 0.338 e. The van der Waals surface area contributed by atoms with Crippen LogP contribution >= 0.6 is 23.2 Å². The van der Waals surface area contributed by atoms with E-state index >= 15 is 0 Å². The number of anilines is 2. The lowest BCUT2D eigenvalue weighted by atomic mass is 10.1. The monoisotopic (exact) mass is 452 g/mol. The maximum atomic E-state index is 12.9. The zero-order chi connectivity index (χ0) is 21.7. The molecular formula is C21H22Cl2N2O5. The van der Waals surface area contributed by atoms with Crippen molar-refractivity contribution in [3.63, 3.8) is 0 Å². The molecule has 9 heteroatoms. The second-order valence-corrected chi connectivity index (χ2v) is 7.29. The van der Waals surface area contributed by atoms with Crippen LogP contribution in [0.25, 0.3) is 0 Å². The molecule has 3 rings (SSSR count). The molecule has 0 aliphatic carbocycles. The van der Waals surface area contributed by atoms with Crippen molar-refractivity contribution in [1.82, 2.24) is 0 Å². The van der Waals surface area contributed by atoms with E-state index in [1.54, 1.807) is 25.1 Å². The maximum absolute atomic E-state index is 12.9. The van der Waals surface area contributed by atoms with Gasteiger partial charge in [0, 0.05) is 18.7 Å². The molecule has 1 saturated heterocycles. The van der Waals surface area contributed by atoms with E-state index in [2.05, 4.69) is 10.2 Å². The highest BCUT2D eigenvalue weighted by molar-refractivity contribution is 6.37. The summed E-state index contributed by atoms with van der Waals surface area (Å²) in [6.07, 6.45) is 0. The second-order valence-electron chi connectivity index (χ2n) is 6.48. The number of morpholine rings is 1. The zero-order valence-corrected chi connectivity index (χ0v) is 18.2. The van der Waals surface area contributed by atoms with Crippen molar-refractivity contribution in [3.05, 3.63) is 51.5 Å². The molecule has 0 bridgehead atoms. The first-order chi connectivity index (χ1) is 14.4. The standard InChI is InChI=1S/C21H22Cl2N2O5/c1-3-30-21(27)13-4-5-18(25-6-8-29-9-7-25)17(12-13)24-20(26)14-10-15(22)19(28-2)16(23)11-14/h4-5,10-12H,3,6-9H2,1-2H3,(H,24,26). The highest BCUT2D eigenvalue weighted by Crippen LogP contribution is 2.35. The number of methoxy groups -OCH3 is 1. The minimum Gasteiger partial charge on any atom is -0.494 e. The Morgan fingerprint density at radius 2 is 1.77 bits per heavy atom. The molecule has 1 amide bonds. The van der Waals surface area contributed by atoms with Crippen molar-refractivity contribution >= 4 is 46.5 Å². The number of rotatable bonds is 6. The molecule has 2 aromatic carbocycles. The van der Waals surface area contributed by atoms with Gasteiger partial charge >= 0.3 is 5.97 Å². The molecule has 0 spiro atoms. The normalized spacial score (nSPS) is 13.7. The summed E-state index contributed by atoms with van der Waals surface area (Å²) in [7, 11) is 1.45. The Morgan fingerprint density at radius 1 is 1.10 bits per heavy atom. The van der Waals surface area contributed by atoms with Gasteiger partial charge in [-0.2, -0.15) is 0 Å². The van der Waals surface area contributed by atoms with Gasteiger partial charge in [0.05, 0.1) is 53.9 Å². The molecule has 0 radical (unpaired) electrons. The van der Waals surface area contributed by atoms with Gasteiger partial charge < -0.3 is 24.4 Å². The lowest BCUT2D eigenvalue weighted by Gasteiger charge is -2.30. The first kappa shape index (κ1) is 22.2. The Morgan fingerprint density at radius 3 is 2.37 bits per heavy atom. The minimum atomic E-state index is -0.461. The van der Waals surface area contributed by atoms with Crippen LogP contribution in [0.3, 0.4) is 0 Å². The van der Waals surface area contributed by atoms with E-state index in [1.807, 2.05) is 0 Å². The van der Waals surface area contributed by atoms with Crippen molar-refractivity contribution in [2.75, 3.05) is 50.2 Å². The molecule has 1 fully saturated rings. The van der Waals surface area contributed by atoms with Crippen molar-refractivity contribution in [3.8, 4) is 5.75 Å². The van der Waals surface area contributed by atoms with Crippen LogP contribution in [0.1, 0.15) is 27.6 Å². The Labute approximate surface area is 184 Å². The molecule has 1 N–H and O–H groups in total. The fourth-order valence-corrected chi connectivity index (χ4v) is 3.78. The lowest BCUT2D eigenvalue weighted by Crippen LogP contribution is -2.36. The number of ether oxygens (including phenoxy) is 3. The summed E-state index contributed by atoms with van der Waals surface area (Å²) in [4.78, 5) is 27.2. The number of halogens is 2. The number of hydrogen-bond acceptors (Lipinski definition) is 6. The third-order valence-electron chi connectivity index (χ3n) is 4.57. The van der Waals surface area contributed by atoms with Crippen LogP contribution < -0.4 is 15.0 Å². The van der Waals surface area contributed by atoms with Crippen molar-refractivity contribution in [2.45, 2.75) is 6.92 Å². The van der Waals surface area contributed by atoms with Crippen LogP contribution in [0.15, 0.2) is 30.3 Å². The van der Waals surface area contributed by atoms with Gasteiger partial charge in [0.15, 0.2) is 5.75 Å². The number of amides is 1. The number of carbonyl (C=O) groups is 2. The van der Waals surface area contributed by atoms with Crippen LogP contribution in [0.5, 0.6) is 5.75 Å². The van der Waals surface area contributed by atoms with Gasteiger partial charge in [0.1, 0.15) is 0 Å². The topological polar surface area (TPSA) is 77.1 Å². The Balaban J connectivity index is 1.94. The predicted molar refractivity (Wildman–Crippen MR) is 116 cm³/mol. The van der Waals surface area contributed by atoms with Gasteiger partial charge in [0.2, 0.25) is 0 Å². The van der Waals surface area contributed by atoms with E-state index in [4.69, 9.17) is 37.4 Å². The van der Waals surface area contributed by atoms with Crippen LogP contribution in [-0.4, -0.2) is 51.9 Å². The lowest BCUT2D eigenvalue weighted by molar-refractivity contribution is 0.0526. The number of nitrogens with one attached hydrogen (secondary N) is 1. The Bertz CT molecular complexity index is 922. The molecule has 0 unspecified atom stereocenters. The highest BCUT2D eigenvalue weighted by atomic mass is 35.5. The molecular weight excluding hydrogens is 431 g/mol. The average molecular weight is 453 g/mol. The van der Waals surface area contributed by atoms with Crippen LogP contribution in [0.2, 0.25) is 10.0 Å². The number of carbonyl (C=O) groups excluding carboxylic acids is 2. The molecule has 1 aliphatic rings. The van der Waals surface area contributed by atoms with Gasteiger partial charge in [-0.25, -0.2) is 4.79 Å². The van der Waals surface area contributed by atoms with E-state index in [9.17, 15) is 9.59 Å². The Kier molecular flexibility index (Phi) is 7.42. The summed E-state index contributed by atoms with van der Waals surface area (Å²) >= 11 is 12.3. The average Bonchev–Trinajstić information content (AvgIpc) is 2.74. The highest BCUT2D eigenvalue weighted by Gasteiger charge is 2.20. The van der Waals surface area contributed by atoms with Crippen molar-refractivity contribution in [1.29, 1.82) is 0 Å². The van der Waals surface area contributed by atoms with E-state index < -0.39 is 11.9 Å². The first-order valence-electron chi connectivity index (χ1n) is 9.42. The molecule has 0 saturated carbocycles. The summed E-state index contributed by atoms with van der Waals surface area (Å²) in [6.45, 7) is 4.49. The summed E-state index contributed by atoms with van der Waals surface area (Å²) in [5.41, 5.74) is 1.87. The molecule has 2 aromatic rings. The van der Waals surface area contributed by atoms with Gasteiger partial charge in [-0.1, -0.05) is 23.2 Å². The van der Waals surface area contributed by atoms with E-state index in [0.29, 0.717) is 43.3 Å². The molecule has 1 aliphatic heterocycles. The summed E-state index contributed by atoms with van der Waals surface area (Å²) in [6, 6.07) is 8.03. The Hall–Kier alpha value is -2.48. The largest absolute Gasteiger partial charge is 0.494 e. The fraction of sp³-hybridized carbons (Fsp3) is 0.333. The molecule has 30 heavy (non-hydrogen) atoms. The SMILES string of the molecule is CCOC(=O)c1ccc(N2CCOCC2)c(NC(=O)c2cc(Cl)c(OC)c(Cl)c2)c1. The van der Waals surface area contributed by atoms with E-state index in [0.717, 1.165) is 5.69 Å². The molecule has 7 nitrogen and oxygen atoms in total. The first-order valence-corrected chi connectivity index (χ1v) is 10.2. The molecule has 0 atom stereocenters. The van der Waals surface area contributed by atoms with Crippen LogP contribution in [0.4, 0.5) is 11.4 Å². The fourth-order valence-electron chi connectivity index (χ4n) is 3.14. The second kappa shape index (κ2) is 10.0. The number of benzene rings is 2. The van der Waals surface area contributed by atoms with Gasteiger partial charge in [0.25, 0.3) is 5.91 Å². The number of esters is 1. The number of hydrogen-bond donors (Lipinski definition) is 1. The van der Waals surface area contributed by atoms with Crippen LogP contribution in [0, 0.1) is 0 Å². The van der Waals surface area contributed by atoms with Crippen LogP contribution in [-0.2, 0) is 9.47 Å². The van der Waals surface area contributed by atoms with E-state index in [1.165, 1.54) is 19.2 Å². The minimum absolute atomic E-state index is 0.226. The third kappa shape index (κ3) is 4.98. The van der Waals surface area contributed by atoms with Gasteiger partial charge in [-0.05, 0) is 37.3 Å². The third-order valence-corrected chi connectivity index (χ3v) is 5.13. The zero-order valence-electron chi connectivity index (χ0n) is 16.7.